The number of benzene rings is 2. The number of para-hydroxylation sites is 1. The Morgan fingerprint density at radius 2 is 2.05 bits per heavy atom. The van der Waals surface area contributed by atoms with E-state index in [9.17, 15) is 9.18 Å². The summed E-state index contributed by atoms with van der Waals surface area (Å²) in [5.41, 5.74) is 0.982. The zero-order valence-corrected chi connectivity index (χ0v) is 12.7. The number of ether oxygens (including phenoxy) is 1. The van der Waals surface area contributed by atoms with Gasteiger partial charge in [-0.3, -0.25) is 4.79 Å². The molecule has 0 unspecified atom stereocenters. The van der Waals surface area contributed by atoms with Crippen LogP contribution < -0.4 is 10.1 Å². The summed E-state index contributed by atoms with van der Waals surface area (Å²) in [5.74, 6) is 0.125. The van der Waals surface area contributed by atoms with Gasteiger partial charge in [0.1, 0.15) is 0 Å². The molecule has 0 aliphatic heterocycles. The molecule has 2 rings (SSSR count). The number of hydrogen-bond donors (Lipinski definition) is 1. The summed E-state index contributed by atoms with van der Waals surface area (Å²) >= 11 is 1.64. The molecule has 0 aliphatic rings. The molecule has 0 saturated heterocycles. The van der Waals surface area contributed by atoms with Crippen LogP contribution in [0.5, 0.6) is 5.75 Å². The summed E-state index contributed by atoms with van der Waals surface area (Å²) < 4.78 is 18.5. The molecule has 5 heteroatoms. The Hall–Kier alpha value is -2.01. The van der Waals surface area contributed by atoms with Crippen molar-refractivity contribution in [2.75, 3.05) is 18.2 Å². The predicted octanol–water partition coefficient (Wildman–Crippen LogP) is 4.20. The van der Waals surface area contributed by atoms with Crippen LogP contribution in [0, 0.1) is 5.82 Å². The van der Waals surface area contributed by atoms with Gasteiger partial charge < -0.3 is 10.1 Å². The van der Waals surface area contributed by atoms with Gasteiger partial charge in [0.05, 0.1) is 12.8 Å². The predicted molar refractivity (Wildman–Crippen MR) is 83.7 cm³/mol. The van der Waals surface area contributed by atoms with Gasteiger partial charge in [0.15, 0.2) is 11.6 Å². The summed E-state index contributed by atoms with van der Waals surface area (Å²) in [6, 6.07) is 11.7. The second kappa shape index (κ2) is 7.13. The molecule has 0 aliphatic carbocycles. The third-order valence-electron chi connectivity index (χ3n) is 2.85. The number of thioether (sulfide) groups is 1. The van der Waals surface area contributed by atoms with E-state index in [2.05, 4.69) is 5.32 Å². The molecular weight excluding hydrogens is 289 g/mol. The van der Waals surface area contributed by atoms with E-state index in [1.165, 1.54) is 25.3 Å². The number of nitrogens with one attached hydrogen (secondary N) is 1. The first-order valence-corrected chi connectivity index (χ1v) is 7.51. The maximum atomic E-state index is 13.6. The van der Waals surface area contributed by atoms with Crippen LogP contribution in [0.3, 0.4) is 0 Å². The summed E-state index contributed by atoms with van der Waals surface area (Å²) in [6.07, 6.45) is 0. The summed E-state index contributed by atoms with van der Waals surface area (Å²) in [7, 11) is 1.39. The largest absolute Gasteiger partial charge is 0.494 e. The molecule has 0 saturated carbocycles. The molecule has 1 N–H and O–H groups in total. The average molecular weight is 305 g/mol. The van der Waals surface area contributed by atoms with Crippen LogP contribution in [0.25, 0.3) is 0 Å². The molecule has 21 heavy (non-hydrogen) atoms. The molecule has 0 atom stereocenters. The van der Waals surface area contributed by atoms with Gasteiger partial charge in [-0.25, -0.2) is 4.39 Å². The standard InChI is InChI=1S/C16H16FNO2S/c1-3-21-15-7-5-4-6-13(15)18-16(19)11-8-9-14(20-2)12(17)10-11/h4-10H,3H2,1-2H3,(H,18,19). The van der Waals surface area contributed by atoms with Gasteiger partial charge in [0.25, 0.3) is 5.91 Å². The first-order chi connectivity index (χ1) is 10.2. The molecule has 0 heterocycles. The monoisotopic (exact) mass is 305 g/mol. The van der Waals surface area contributed by atoms with Gasteiger partial charge in [-0.1, -0.05) is 19.1 Å². The van der Waals surface area contributed by atoms with Crippen molar-refractivity contribution in [3.05, 3.63) is 53.8 Å². The summed E-state index contributed by atoms with van der Waals surface area (Å²) in [5, 5.41) is 2.81. The van der Waals surface area contributed by atoms with E-state index in [4.69, 9.17) is 4.74 Å². The Morgan fingerprint density at radius 1 is 1.29 bits per heavy atom. The minimum Gasteiger partial charge on any atom is -0.494 e. The molecule has 0 radical (unpaired) electrons. The van der Waals surface area contributed by atoms with Gasteiger partial charge >= 0.3 is 0 Å². The first kappa shape index (κ1) is 15.4. The average Bonchev–Trinajstić information content (AvgIpc) is 2.49. The third-order valence-corrected chi connectivity index (χ3v) is 3.80. The Morgan fingerprint density at radius 3 is 2.71 bits per heavy atom. The lowest BCUT2D eigenvalue weighted by Crippen LogP contribution is -2.13. The van der Waals surface area contributed by atoms with E-state index in [1.54, 1.807) is 11.8 Å². The molecule has 1 amide bonds. The number of rotatable bonds is 5. The zero-order chi connectivity index (χ0) is 15.2. The molecule has 3 nitrogen and oxygen atoms in total. The Balaban J connectivity index is 2.20. The van der Waals surface area contributed by atoms with E-state index in [0.29, 0.717) is 0 Å². The van der Waals surface area contributed by atoms with Gasteiger partial charge in [-0.15, -0.1) is 11.8 Å². The van der Waals surface area contributed by atoms with Crippen LogP contribution in [-0.2, 0) is 0 Å². The highest BCUT2D eigenvalue weighted by atomic mass is 32.2. The SMILES string of the molecule is CCSc1ccccc1NC(=O)c1ccc(OC)c(F)c1. The van der Waals surface area contributed by atoms with E-state index in [-0.39, 0.29) is 17.2 Å². The van der Waals surface area contributed by atoms with Crippen LogP contribution in [-0.4, -0.2) is 18.8 Å². The summed E-state index contributed by atoms with van der Waals surface area (Å²) in [4.78, 5) is 13.2. The molecule has 2 aromatic rings. The highest BCUT2D eigenvalue weighted by molar-refractivity contribution is 7.99. The molecule has 0 aromatic heterocycles. The van der Waals surface area contributed by atoms with Crippen molar-refractivity contribution in [1.29, 1.82) is 0 Å². The molecule has 0 spiro atoms. The summed E-state index contributed by atoms with van der Waals surface area (Å²) in [6.45, 7) is 2.04. The fourth-order valence-corrected chi connectivity index (χ4v) is 2.61. The third kappa shape index (κ3) is 3.76. The van der Waals surface area contributed by atoms with Crippen LogP contribution in [0.4, 0.5) is 10.1 Å². The lowest BCUT2D eigenvalue weighted by atomic mass is 10.2. The lowest BCUT2D eigenvalue weighted by Gasteiger charge is -2.10. The van der Waals surface area contributed by atoms with Gasteiger partial charge in [-0.2, -0.15) is 0 Å². The van der Waals surface area contributed by atoms with Crippen molar-refractivity contribution in [1.82, 2.24) is 0 Å². The van der Waals surface area contributed by atoms with Gasteiger partial charge in [0, 0.05) is 10.5 Å². The number of carbonyl (C=O) groups excluding carboxylic acids is 1. The molecule has 0 bridgehead atoms. The van der Waals surface area contributed by atoms with Crippen LogP contribution in [0.2, 0.25) is 0 Å². The Bertz CT molecular complexity index is 646. The molecule has 110 valence electrons. The number of anilines is 1. The van der Waals surface area contributed by atoms with Gasteiger partial charge in [0.2, 0.25) is 0 Å². The molecular formula is C16H16FNO2S. The first-order valence-electron chi connectivity index (χ1n) is 6.52. The minimum absolute atomic E-state index is 0.119. The van der Waals surface area contributed by atoms with Crippen molar-refractivity contribution < 1.29 is 13.9 Å². The number of amides is 1. The number of hydrogen-bond acceptors (Lipinski definition) is 3. The topological polar surface area (TPSA) is 38.3 Å². The normalized spacial score (nSPS) is 10.2. The Kier molecular flexibility index (Phi) is 5.22. The van der Waals surface area contributed by atoms with Crippen molar-refractivity contribution in [3.8, 4) is 5.75 Å². The number of methoxy groups -OCH3 is 1. The fourth-order valence-electron chi connectivity index (χ4n) is 1.85. The minimum atomic E-state index is -0.554. The van der Waals surface area contributed by atoms with Crippen molar-refractivity contribution >= 4 is 23.4 Å². The van der Waals surface area contributed by atoms with Gasteiger partial charge in [-0.05, 0) is 36.1 Å². The van der Waals surface area contributed by atoms with Crippen molar-refractivity contribution in [2.45, 2.75) is 11.8 Å². The van der Waals surface area contributed by atoms with Crippen LogP contribution in [0.15, 0.2) is 47.4 Å². The maximum Gasteiger partial charge on any atom is 0.255 e. The second-order valence-electron chi connectivity index (χ2n) is 4.23. The smallest absolute Gasteiger partial charge is 0.255 e. The Labute approximate surface area is 127 Å². The highest BCUT2D eigenvalue weighted by Gasteiger charge is 2.12. The van der Waals surface area contributed by atoms with E-state index in [0.717, 1.165) is 16.3 Å². The van der Waals surface area contributed by atoms with Crippen molar-refractivity contribution in [2.24, 2.45) is 0 Å². The highest BCUT2D eigenvalue weighted by Crippen LogP contribution is 2.27. The van der Waals surface area contributed by atoms with Crippen LogP contribution in [0.1, 0.15) is 17.3 Å². The zero-order valence-electron chi connectivity index (χ0n) is 11.9. The maximum absolute atomic E-state index is 13.6. The number of carbonyl (C=O) groups is 1. The van der Waals surface area contributed by atoms with E-state index >= 15 is 0 Å². The molecule has 0 fully saturated rings. The second-order valence-corrected chi connectivity index (χ2v) is 5.54. The van der Waals surface area contributed by atoms with Crippen LogP contribution >= 0.6 is 11.8 Å². The lowest BCUT2D eigenvalue weighted by molar-refractivity contribution is 0.102. The van der Waals surface area contributed by atoms with E-state index in [1.807, 2.05) is 31.2 Å². The fraction of sp³-hybridized carbons (Fsp3) is 0.188. The molecule has 2 aromatic carbocycles. The van der Waals surface area contributed by atoms with Crippen molar-refractivity contribution in [3.63, 3.8) is 0 Å². The number of halogens is 1. The van der Waals surface area contributed by atoms with E-state index < -0.39 is 5.82 Å². The quantitative estimate of drug-likeness (QED) is 0.841.